The minimum atomic E-state index is -0.197. The molecule has 0 saturated carbocycles. The second-order valence-electron chi connectivity index (χ2n) is 5.65. The largest absolute Gasteiger partial charge is 0.485 e. The highest BCUT2D eigenvalue weighted by Crippen LogP contribution is 2.34. The molecule has 1 atom stereocenters. The molecule has 1 aromatic heterocycles. The average Bonchev–Trinajstić information content (AvgIpc) is 2.85. The molecule has 116 valence electrons. The van der Waals surface area contributed by atoms with Gasteiger partial charge in [0, 0.05) is 17.4 Å². The van der Waals surface area contributed by atoms with Crippen LogP contribution in [0.25, 0.3) is 0 Å². The van der Waals surface area contributed by atoms with Crippen molar-refractivity contribution in [2.75, 3.05) is 19.8 Å². The molecule has 1 aliphatic heterocycles. The molecule has 1 aliphatic rings. The lowest BCUT2D eigenvalue weighted by Crippen LogP contribution is -2.31. The molecule has 0 aromatic carbocycles. The van der Waals surface area contributed by atoms with Crippen LogP contribution >= 0.6 is 11.3 Å². The number of rotatable bonds is 4. The number of thiophene rings is 1. The van der Waals surface area contributed by atoms with Gasteiger partial charge in [-0.2, -0.15) is 0 Å². The van der Waals surface area contributed by atoms with Gasteiger partial charge in [-0.25, -0.2) is 0 Å². The van der Waals surface area contributed by atoms with Crippen LogP contribution in [0.3, 0.4) is 0 Å². The highest BCUT2D eigenvalue weighted by atomic mass is 32.1. The molecule has 5 heteroatoms. The van der Waals surface area contributed by atoms with E-state index in [2.05, 4.69) is 27.7 Å². The van der Waals surface area contributed by atoms with E-state index in [1.54, 1.807) is 0 Å². The first kappa shape index (κ1) is 17.3. The van der Waals surface area contributed by atoms with Gasteiger partial charge in [-0.15, -0.1) is 11.3 Å². The number of aliphatic hydroxyl groups is 1. The molecule has 0 aliphatic carbocycles. The lowest BCUT2D eigenvalue weighted by Gasteiger charge is -2.22. The Morgan fingerprint density at radius 3 is 2.65 bits per heavy atom. The van der Waals surface area contributed by atoms with Crippen LogP contribution in [0.2, 0.25) is 0 Å². The number of ether oxygens (including phenoxy) is 3. The maximum Gasteiger partial charge on any atom is 0.172 e. The van der Waals surface area contributed by atoms with Gasteiger partial charge in [0.2, 0.25) is 0 Å². The topological polar surface area (TPSA) is 47.9 Å². The van der Waals surface area contributed by atoms with Gasteiger partial charge in [0.1, 0.15) is 6.61 Å². The second kappa shape index (κ2) is 8.49. The normalized spacial score (nSPS) is 17.4. The van der Waals surface area contributed by atoms with Crippen molar-refractivity contribution in [2.45, 2.75) is 52.2 Å². The van der Waals surface area contributed by atoms with Crippen LogP contribution in [0.5, 0.6) is 11.5 Å². The third kappa shape index (κ3) is 6.59. The maximum atomic E-state index is 8.75. The van der Waals surface area contributed by atoms with Crippen LogP contribution in [0, 0.1) is 0 Å². The maximum absolute atomic E-state index is 8.75. The van der Waals surface area contributed by atoms with Crippen molar-refractivity contribution >= 4 is 11.3 Å². The molecule has 2 heterocycles. The molecule has 1 unspecified atom stereocenters. The van der Waals surface area contributed by atoms with Crippen LogP contribution < -0.4 is 9.47 Å². The van der Waals surface area contributed by atoms with E-state index in [0.29, 0.717) is 6.61 Å². The summed E-state index contributed by atoms with van der Waals surface area (Å²) in [6.45, 7) is 9.79. The Labute approximate surface area is 125 Å². The minimum Gasteiger partial charge on any atom is -0.485 e. The van der Waals surface area contributed by atoms with E-state index in [9.17, 15) is 0 Å². The van der Waals surface area contributed by atoms with Crippen LogP contribution in [0.15, 0.2) is 10.8 Å². The summed E-state index contributed by atoms with van der Waals surface area (Å²) in [4.78, 5) is 0. The molecule has 20 heavy (non-hydrogen) atoms. The Hall–Kier alpha value is -0.780. The van der Waals surface area contributed by atoms with Crippen LogP contribution in [-0.2, 0) is 4.74 Å². The van der Waals surface area contributed by atoms with E-state index in [1.807, 2.05) is 10.8 Å². The molecule has 2 rings (SSSR count). The van der Waals surface area contributed by atoms with Crippen molar-refractivity contribution in [2.24, 2.45) is 0 Å². The van der Waals surface area contributed by atoms with Gasteiger partial charge in [0.05, 0.1) is 12.2 Å². The van der Waals surface area contributed by atoms with E-state index >= 15 is 0 Å². The molecule has 0 spiro atoms. The SMILES string of the molecule is CCCCOC(C)(C)C.OCC1COc2cscc2O1. The molecule has 0 amide bonds. The standard InChI is InChI=1S/C8H18O.C7H8O3S/c1-5-6-7-9-8(2,3)4;8-1-5-2-9-6-3-11-4-7(6)10-5/h5-7H2,1-4H3;3-5,8H,1-2H2. The smallest absolute Gasteiger partial charge is 0.172 e. The highest BCUT2D eigenvalue weighted by Gasteiger charge is 2.20. The van der Waals surface area contributed by atoms with E-state index in [-0.39, 0.29) is 18.3 Å². The quantitative estimate of drug-likeness (QED) is 0.865. The van der Waals surface area contributed by atoms with Gasteiger partial charge in [-0.1, -0.05) is 13.3 Å². The Bertz CT molecular complexity index is 370. The lowest BCUT2D eigenvalue weighted by atomic mass is 10.2. The predicted octanol–water partition coefficient (Wildman–Crippen LogP) is 3.48. The second-order valence-corrected chi connectivity index (χ2v) is 6.39. The highest BCUT2D eigenvalue weighted by molar-refractivity contribution is 7.08. The Morgan fingerprint density at radius 1 is 1.35 bits per heavy atom. The van der Waals surface area contributed by atoms with Crippen molar-refractivity contribution in [3.05, 3.63) is 10.8 Å². The average molecular weight is 302 g/mol. The predicted molar refractivity (Wildman–Crippen MR) is 81.9 cm³/mol. The van der Waals surface area contributed by atoms with Gasteiger partial charge in [-0.3, -0.25) is 0 Å². The van der Waals surface area contributed by atoms with Crippen molar-refractivity contribution in [1.29, 1.82) is 0 Å². The van der Waals surface area contributed by atoms with Crippen molar-refractivity contribution in [1.82, 2.24) is 0 Å². The van der Waals surface area contributed by atoms with Gasteiger partial charge in [0.25, 0.3) is 0 Å². The van der Waals surface area contributed by atoms with Gasteiger partial charge < -0.3 is 19.3 Å². The summed E-state index contributed by atoms with van der Waals surface area (Å²) in [6.07, 6.45) is 2.20. The van der Waals surface area contributed by atoms with Crippen molar-refractivity contribution in [3.8, 4) is 11.5 Å². The molecule has 1 N–H and O–H groups in total. The fraction of sp³-hybridized carbons (Fsp3) is 0.733. The molecule has 0 radical (unpaired) electrons. The zero-order chi connectivity index (χ0) is 15.0. The first-order valence-corrected chi connectivity index (χ1v) is 8.01. The van der Waals surface area contributed by atoms with Crippen LogP contribution in [0.1, 0.15) is 40.5 Å². The van der Waals surface area contributed by atoms with Gasteiger partial charge in [-0.05, 0) is 27.2 Å². The Morgan fingerprint density at radius 2 is 2.05 bits per heavy atom. The molecular formula is C15H26O4S. The summed E-state index contributed by atoms with van der Waals surface area (Å²) in [6, 6.07) is 0. The van der Waals surface area contributed by atoms with Crippen molar-refractivity contribution in [3.63, 3.8) is 0 Å². The van der Waals surface area contributed by atoms with Crippen LogP contribution in [-0.4, -0.2) is 36.6 Å². The first-order chi connectivity index (χ1) is 9.46. The fourth-order valence-electron chi connectivity index (χ4n) is 1.47. The van der Waals surface area contributed by atoms with Gasteiger partial charge >= 0.3 is 0 Å². The number of aliphatic hydroxyl groups excluding tert-OH is 1. The van der Waals surface area contributed by atoms with E-state index in [4.69, 9.17) is 19.3 Å². The monoisotopic (exact) mass is 302 g/mol. The zero-order valence-electron chi connectivity index (χ0n) is 12.8. The number of hydrogen-bond acceptors (Lipinski definition) is 5. The number of hydrogen-bond donors (Lipinski definition) is 1. The first-order valence-electron chi connectivity index (χ1n) is 7.06. The summed E-state index contributed by atoms with van der Waals surface area (Å²) >= 11 is 1.54. The molecule has 0 fully saturated rings. The van der Waals surface area contributed by atoms with E-state index in [1.165, 1.54) is 24.2 Å². The van der Waals surface area contributed by atoms with Crippen molar-refractivity contribution < 1.29 is 19.3 Å². The summed E-state index contributed by atoms with van der Waals surface area (Å²) < 4.78 is 16.1. The molecule has 0 bridgehead atoms. The number of unbranched alkanes of at least 4 members (excludes halogenated alkanes) is 1. The molecular weight excluding hydrogens is 276 g/mol. The summed E-state index contributed by atoms with van der Waals surface area (Å²) in [5, 5.41) is 12.5. The summed E-state index contributed by atoms with van der Waals surface area (Å²) in [7, 11) is 0. The van der Waals surface area contributed by atoms with E-state index < -0.39 is 0 Å². The fourth-order valence-corrected chi connectivity index (χ4v) is 2.14. The molecule has 1 aromatic rings. The van der Waals surface area contributed by atoms with Gasteiger partial charge in [0.15, 0.2) is 17.6 Å². The molecule has 4 nitrogen and oxygen atoms in total. The Kier molecular flexibility index (Phi) is 7.34. The summed E-state index contributed by atoms with van der Waals surface area (Å²) in [5.74, 6) is 1.54. The number of fused-ring (bicyclic) bond motifs is 1. The third-order valence-corrected chi connectivity index (χ3v) is 3.25. The van der Waals surface area contributed by atoms with Crippen LogP contribution in [0.4, 0.5) is 0 Å². The summed E-state index contributed by atoms with van der Waals surface area (Å²) in [5.41, 5.74) is 0.0508. The third-order valence-electron chi connectivity index (χ3n) is 2.55. The zero-order valence-corrected chi connectivity index (χ0v) is 13.7. The molecule has 0 saturated heterocycles. The van der Waals surface area contributed by atoms with E-state index in [0.717, 1.165) is 18.1 Å². The minimum absolute atomic E-state index is 0.00921. The Balaban J connectivity index is 0.000000206. The lowest BCUT2D eigenvalue weighted by molar-refractivity contribution is -0.00415.